The third-order valence-corrected chi connectivity index (χ3v) is 4.46. The van der Waals surface area contributed by atoms with E-state index in [4.69, 9.17) is 0 Å². The Labute approximate surface area is 149 Å². The first-order chi connectivity index (χ1) is 11.9. The molecule has 1 atom stereocenters. The van der Waals surface area contributed by atoms with Crippen molar-refractivity contribution in [1.82, 2.24) is 24.9 Å². The van der Waals surface area contributed by atoms with Gasteiger partial charge in [-0.1, -0.05) is 11.6 Å². The Morgan fingerprint density at radius 2 is 2.24 bits per heavy atom. The molecule has 2 amide bonds. The Morgan fingerprint density at radius 3 is 2.88 bits per heavy atom. The number of carbonyl (C=O) groups is 2. The van der Waals surface area contributed by atoms with E-state index in [0.29, 0.717) is 19.6 Å². The van der Waals surface area contributed by atoms with E-state index in [0.717, 1.165) is 18.5 Å². The van der Waals surface area contributed by atoms with Crippen molar-refractivity contribution in [3.05, 3.63) is 29.6 Å². The molecule has 1 aliphatic rings. The van der Waals surface area contributed by atoms with Gasteiger partial charge in [0.1, 0.15) is 0 Å². The molecule has 1 aliphatic heterocycles. The van der Waals surface area contributed by atoms with Gasteiger partial charge in [0.15, 0.2) is 0 Å². The van der Waals surface area contributed by atoms with Gasteiger partial charge < -0.3 is 10.2 Å². The standard InChI is InChI=1S/C18H29N5O2/c1-14(2)5-9-23-10-7-19-18(25)16(23)11-17(24)21(3)8-6-15-12-20-22(4)13-15/h5,12-13,16H,6-11H2,1-4H3,(H,19,25)/t16-/m0/s1. The molecule has 138 valence electrons. The van der Waals surface area contributed by atoms with Crippen molar-refractivity contribution in [3.63, 3.8) is 0 Å². The maximum atomic E-state index is 12.5. The molecule has 2 heterocycles. The molecule has 7 heteroatoms. The molecule has 7 nitrogen and oxygen atoms in total. The van der Waals surface area contributed by atoms with Gasteiger partial charge in [-0.25, -0.2) is 0 Å². The molecular formula is C18H29N5O2. The fraction of sp³-hybridized carbons (Fsp3) is 0.611. The Balaban J connectivity index is 1.90. The number of allylic oxidation sites excluding steroid dienone is 1. The highest BCUT2D eigenvalue weighted by molar-refractivity contribution is 5.88. The molecule has 1 aromatic rings. The van der Waals surface area contributed by atoms with Gasteiger partial charge in [0.25, 0.3) is 0 Å². The average Bonchev–Trinajstić information content (AvgIpc) is 2.98. The number of hydrogen-bond acceptors (Lipinski definition) is 4. The highest BCUT2D eigenvalue weighted by Crippen LogP contribution is 2.11. The monoisotopic (exact) mass is 347 g/mol. The molecular weight excluding hydrogens is 318 g/mol. The van der Waals surface area contributed by atoms with Crippen molar-refractivity contribution in [1.29, 1.82) is 0 Å². The van der Waals surface area contributed by atoms with Crippen LogP contribution in [0.25, 0.3) is 0 Å². The van der Waals surface area contributed by atoms with Gasteiger partial charge in [-0.2, -0.15) is 5.10 Å². The van der Waals surface area contributed by atoms with Crippen LogP contribution in [0, 0.1) is 0 Å². The zero-order valence-electron chi connectivity index (χ0n) is 15.7. The van der Waals surface area contributed by atoms with Crippen LogP contribution in [0.15, 0.2) is 24.0 Å². The van der Waals surface area contributed by atoms with Crippen molar-refractivity contribution >= 4 is 11.8 Å². The normalized spacial score (nSPS) is 17.9. The molecule has 1 fully saturated rings. The summed E-state index contributed by atoms with van der Waals surface area (Å²) in [6.45, 7) is 6.80. The lowest BCUT2D eigenvalue weighted by Crippen LogP contribution is -2.56. The van der Waals surface area contributed by atoms with Crippen LogP contribution in [0.1, 0.15) is 25.8 Å². The topological polar surface area (TPSA) is 70.5 Å². The average molecular weight is 347 g/mol. The molecule has 0 unspecified atom stereocenters. The lowest BCUT2D eigenvalue weighted by Gasteiger charge is -2.34. The number of piperazine rings is 1. The van der Waals surface area contributed by atoms with Gasteiger partial charge in [0.05, 0.1) is 18.7 Å². The summed E-state index contributed by atoms with van der Waals surface area (Å²) in [5.74, 6) is -0.0597. The summed E-state index contributed by atoms with van der Waals surface area (Å²) in [4.78, 5) is 28.6. The fourth-order valence-corrected chi connectivity index (χ4v) is 2.85. The quantitative estimate of drug-likeness (QED) is 0.733. The van der Waals surface area contributed by atoms with E-state index >= 15 is 0 Å². The highest BCUT2D eigenvalue weighted by atomic mass is 16.2. The number of rotatable bonds is 7. The zero-order chi connectivity index (χ0) is 18.4. The van der Waals surface area contributed by atoms with E-state index in [2.05, 4.69) is 21.4 Å². The van der Waals surface area contributed by atoms with Crippen molar-refractivity contribution in [3.8, 4) is 0 Å². The Hall–Kier alpha value is -2.15. The lowest BCUT2D eigenvalue weighted by molar-refractivity contribution is -0.137. The molecule has 0 bridgehead atoms. The largest absolute Gasteiger partial charge is 0.353 e. The number of aromatic nitrogens is 2. The smallest absolute Gasteiger partial charge is 0.237 e. The molecule has 0 aliphatic carbocycles. The number of amides is 2. The maximum absolute atomic E-state index is 12.5. The van der Waals surface area contributed by atoms with Crippen LogP contribution in [0.2, 0.25) is 0 Å². The van der Waals surface area contributed by atoms with Crippen LogP contribution in [0.3, 0.4) is 0 Å². The van der Waals surface area contributed by atoms with Gasteiger partial charge in [0.2, 0.25) is 11.8 Å². The van der Waals surface area contributed by atoms with E-state index in [1.807, 2.05) is 33.3 Å². The first kappa shape index (κ1) is 19.2. The van der Waals surface area contributed by atoms with Gasteiger partial charge in [0, 0.05) is 46.5 Å². The summed E-state index contributed by atoms with van der Waals surface area (Å²) in [6, 6.07) is -0.391. The number of carbonyl (C=O) groups excluding carboxylic acids is 2. The SMILES string of the molecule is CC(C)=CCN1CCNC(=O)[C@@H]1CC(=O)N(C)CCc1cnn(C)c1. The van der Waals surface area contributed by atoms with Crippen molar-refractivity contribution < 1.29 is 9.59 Å². The third kappa shape index (κ3) is 5.70. The molecule has 0 radical (unpaired) electrons. The van der Waals surface area contributed by atoms with Crippen LogP contribution < -0.4 is 5.32 Å². The second-order valence-electron chi connectivity index (χ2n) is 6.87. The summed E-state index contributed by atoms with van der Waals surface area (Å²) in [5, 5.41) is 7.01. The van der Waals surface area contributed by atoms with E-state index in [1.54, 1.807) is 16.6 Å². The second kappa shape index (κ2) is 8.80. The zero-order valence-corrected chi connectivity index (χ0v) is 15.7. The van der Waals surface area contributed by atoms with Gasteiger partial charge in [-0.3, -0.25) is 19.2 Å². The van der Waals surface area contributed by atoms with Crippen LogP contribution in [-0.2, 0) is 23.1 Å². The summed E-state index contributed by atoms with van der Waals surface area (Å²) in [5.41, 5.74) is 2.31. The molecule has 1 aromatic heterocycles. The minimum Gasteiger partial charge on any atom is -0.353 e. The van der Waals surface area contributed by atoms with Gasteiger partial charge in [-0.05, 0) is 25.8 Å². The molecule has 25 heavy (non-hydrogen) atoms. The summed E-state index contributed by atoms with van der Waals surface area (Å²) < 4.78 is 1.75. The minimum absolute atomic E-state index is 0.00635. The predicted octanol–water partition coefficient (Wildman–Crippen LogP) is 0.578. The molecule has 0 aromatic carbocycles. The Morgan fingerprint density at radius 1 is 1.48 bits per heavy atom. The number of nitrogens with one attached hydrogen (secondary N) is 1. The molecule has 0 saturated carbocycles. The van der Waals surface area contributed by atoms with E-state index in [1.165, 1.54) is 5.57 Å². The third-order valence-electron chi connectivity index (χ3n) is 4.46. The first-order valence-electron chi connectivity index (χ1n) is 8.73. The maximum Gasteiger partial charge on any atom is 0.237 e. The Kier molecular flexibility index (Phi) is 6.75. The van der Waals surface area contributed by atoms with Crippen LogP contribution >= 0.6 is 0 Å². The molecule has 2 rings (SSSR count). The minimum atomic E-state index is -0.391. The van der Waals surface area contributed by atoms with E-state index in [-0.39, 0.29) is 18.2 Å². The lowest BCUT2D eigenvalue weighted by atomic mass is 10.1. The number of nitrogens with zero attached hydrogens (tertiary/aromatic N) is 4. The predicted molar refractivity (Wildman–Crippen MR) is 97.0 cm³/mol. The molecule has 1 saturated heterocycles. The summed E-state index contributed by atoms with van der Waals surface area (Å²) in [6.07, 6.45) is 6.84. The number of aryl methyl sites for hydroxylation is 1. The Bertz CT molecular complexity index is 633. The fourth-order valence-electron chi connectivity index (χ4n) is 2.85. The van der Waals surface area contributed by atoms with Crippen molar-refractivity contribution in [2.75, 3.05) is 33.2 Å². The van der Waals surface area contributed by atoms with Gasteiger partial charge >= 0.3 is 0 Å². The number of hydrogen-bond donors (Lipinski definition) is 1. The van der Waals surface area contributed by atoms with Crippen LogP contribution in [-0.4, -0.2) is 70.7 Å². The molecule has 0 spiro atoms. The number of likely N-dealkylation sites (N-methyl/N-ethyl adjacent to an activating group) is 1. The first-order valence-corrected chi connectivity index (χ1v) is 8.73. The summed E-state index contributed by atoms with van der Waals surface area (Å²) >= 11 is 0. The van der Waals surface area contributed by atoms with Crippen LogP contribution in [0.5, 0.6) is 0 Å². The van der Waals surface area contributed by atoms with E-state index < -0.39 is 6.04 Å². The van der Waals surface area contributed by atoms with Crippen molar-refractivity contribution in [2.24, 2.45) is 7.05 Å². The van der Waals surface area contributed by atoms with Crippen LogP contribution in [0.4, 0.5) is 0 Å². The molecule has 1 N–H and O–H groups in total. The van der Waals surface area contributed by atoms with E-state index in [9.17, 15) is 9.59 Å². The highest BCUT2D eigenvalue weighted by Gasteiger charge is 2.31. The second-order valence-corrected chi connectivity index (χ2v) is 6.87. The van der Waals surface area contributed by atoms with Gasteiger partial charge in [-0.15, -0.1) is 0 Å². The van der Waals surface area contributed by atoms with Crippen molar-refractivity contribution in [2.45, 2.75) is 32.7 Å². The summed E-state index contributed by atoms with van der Waals surface area (Å²) in [7, 11) is 3.67.